The Kier molecular flexibility index (Phi) is 7.33. The molecule has 44 heavy (non-hydrogen) atoms. The van der Waals surface area contributed by atoms with E-state index in [4.69, 9.17) is 4.74 Å². The third-order valence-electron chi connectivity index (χ3n) is 16.7. The van der Waals surface area contributed by atoms with Crippen molar-refractivity contribution in [2.75, 3.05) is 26.2 Å². The number of ether oxygens (including phenoxy) is 1. The second-order valence-electron chi connectivity index (χ2n) is 18.4. The molecule has 246 valence electrons. The second-order valence-corrected chi connectivity index (χ2v) is 18.4. The molecule has 3 saturated heterocycles. The van der Waals surface area contributed by atoms with Crippen LogP contribution in [0.5, 0.6) is 0 Å². The Balaban J connectivity index is 1.23. The SMILES string of the molecule is C=C(C)[C@@H]1CC[C@]2(C(=O)N3CCN4CCC3CC4)CC[C@]3(C)[C@H](CC[C@@H]4[C@@]5(C)CC[C@H](OC(C)=O)C(C)(C)[C@@H]5CC[C@]43C)[C@@H]12. The van der Waals surface area contributed by atoms with Crippen molar-refractivity contribution < 1.29 is 14.3 Å². The van der Waals surface area contributed by atoms with Crippen molar-refractivity contribution in [3.05, 3.63) is 12.2 Å². The maximum atomic E-state index is 15.1. The third kappa shape index (κ3) is 4.11. The Morgan fingerprint density at radius 1 is 0.727 bits per heavy atom. The normalized spacial score (nSPS) is 50.8. The molecule has 5 heteroatoms. The number of hydrogen-bond donors (Lipinski definition) is 0. The molecule has 1 amide bonds. The van der Waals surface area contributed by atoms with Crippen LogP contribution >= 0.6 is 0 Å². The smallest absolute Gasteiger partial charge is 0.302 e. The van der Waals surface area contributed by atoms with E-state index in [1.165, 1.54) is 37.7 Å². The van der Waals surface area contributed by atoms with Crippen molar-refractivity contribution in [1.82, 2.24) is 9.80 Å². The van der Waals surface area contributed by atoms with Gasteiger partial charge in [0.2, 0.25) is 5.91 Å². The Labute approximate surface area is 268 Å². The summed E-state index contributed by atoms with van der Waals surface area (Å²) in [6, 6.07) is 0.447. The Morgan fingerprint density at radius 2 is 1.45 bits per heavy atom. The summed E-state index contributed by atoms with van der Waals surface area (Å²) < 4.78 is 5.97. The number of piperidine rings is 1. The van der Waals surface area contributed by atoms with E-state index in [-0.39, 0.29) is 39.1 Å². The van der Waals surface area contributed by atoms with Gasteiger partial charge in [-0.25, -0.2) is 0 Å². The minimum atomic E-state index is -0.195. The molecule has 0 aromatic rings. The highest BCUT2D eigenvalue weighted by Gasteiger charge is 2.72. The van der Waals surface area contributed by atoms with Gasteiger partial charge >= 0.3 is 5.97 Å². The molecule has 5 saturated carbocycles. The molecule has 0 spiro atoms. The zero-order valence-corrected chi connectivity index (χ0v) is 29.2. The topological polar surface area (TPSA) is 49.9 Å². The van der Waals surface area contributed by atoms with Crippen LogP contribution in [-0.4, -0.2) is 60.0 Å². The summed E-state index contributed by atoms with van der Waals surface area (Å²) in [5, 5.41) is 0. The van der Waals surface area contributed by atoms with Crippen molar-refractivity contribution in [1.29, 1.82) is 0 Å². The van der Waals surface area contributed by atoms with E-state index >= 15 is 4.79 Å². The van der Waals surface area contributed by atoms with Crippen molar-refractivity contribution in [3.8, 4) is 0 Å². The highest BCUT2D eigenvalue weighted by molar-refractivity contribution is 5.84. The lowest BCUT2D eigenvalue weighted by Gasteiger charge is -2.73. The van der Waals surface area contributed by atoms with Gasteiger partial charge in [0.25, 0.3) is 0 Å². The van der Waals surface area contributed by atoms with E-state index in [2.05, 4.69) is 57.9 Å². The molecule has 8 aliphatic rings. The molecular formula is C39H62N2O3. The van der Waals surface area contributed by atoms with Crippen LogP contribution in [0.2, 0.25) is 0 Å². The lowest BCUT2D eigenvalue weighted by Crippen LogP contribution is -2.67. The van der Waals surface area contributed by atoms with E-state index in [9.17, 15) is 4.79 Å². The number of hydrogen-bond acceptors (Lipinski definition) is 4. The minimum absolute atomic E-state index is 0.00856. The standard InChI is InChI=1S/C39H62N2O3/c1-25(2)28-11-18-39(34(43)41-24-23-40-21-14-27(41)15-22-40)20-19-37(7)29(33(28)39)9-10-31-36(6)16-13-32(44-26(3)42)35(4,5)30(36)12-17-38(31,37)8/h27-33H,1,9-24H2,2-8H3/t28-,29+,30-,31+,32-,33+,36-,37+,38+,39-/m0/s1. The predicted octanol–water partition coefficient (Wildman–Crippen LogP) is 7.88. The van der Waals surface area contributed by atoms with Gasteiger partial charge in [0, 0.05) is 44.6 Å². The van der Waals surface area contributed by atoms with Crippen LogP contribution in [0.4, 0.5) is 0 Å². The van der Waals surface area contributed by atoms with E-state index in [0.717, 1.165) is 71.1 Å². The van der Waals surface area contributed by atoms with Crippen molar-refractivity contribution in [3.63, 3.8) is 0 Å². The number of allylic oxidation sites excluding steroid dienone is 1. The van der Waals surface area contributed by atoms with Gasteiger partial charge in [0.15, 0.2) is 0 Å². The molecule has 0 unspecified atom stereocenters. The Morgan fingerprint density at radius 3 is 2.14 bits per heavy atom. The van der Waals surface area contributed by atoms with E-state index in [1.54, 1.807) is 6.92 Å². The van der Waals surface area contributed by atoms with Crippen LogP contribution in [0, 0.1) is 56.7 Å². The predicted molar refractivity (Wildman–Crippen MR) is 176 cm³/mol. The average molecular weight is 607 g/mol. The molecule has 3 heterocycles. The molecule has 8 fully saturated rings. The van der Waals surface area contributed by atoms with Crippen LogP contribution in [0.1, 0.15) is 126 Å². The first kappa shape index (κ1) is 31.3. The molecule has 8 rings (SSSR count). The monoisotopic (exact) mass is 606 g/mol. The first-order valence-corrected chi connectivity index (χ1v) is 18.5. The molecule has 5 aliphatic carbocycles. The van der Waals surface area contributed by atoms with Crippen molar-refractivity contribution >= 4 is 11.9 Å². The molecule has 5 nitrogen and oxygen atoms in total. The maximum absolute atomic E-state index is 15.1. The molecular weight excluding hydrogens is 544 g/mol. The van der Waals surface area contributed by atoms with Crippen LogP contribution in [0.3, 0.4) is 0 Å². The quantitative estimate of drug-likeness (QED) is 0.242. The number of rotatable bonds is 3. The Bertz CT molecular complexity index is 1200. The zero-order chi connectivity index (χ0) is 31.4. The van der Waals surface area contributed by atoms with Gasteiger partial charge < -0.3 is 14.5 Å². The summed E-state index contributed by atoms with van der Waals surface area (Å²) in [6.45, 7) is 25.5. The van der Waals surface area contributed by atoms with E-state index < -0.39 is 0 Å². The average Bonchev–Trinajstić information content (AvgIpc) is 3.11. The summed E-state index contributed by atoms with van der Waals surface area (Å²) in [4.78, 5) is 32.1. The molecule has 0 aromatic heterocycles. The fourth-order valence-electron chi connectivity index (χ4n) is 14.3. The first-order valence-electron chi connectivity index (χ1n) is 18.5. The highest BCUT2D eigenvalue weighted by atomic mass is 16.5. The van der Waals surface area contributed by atoms with Crippen molar-refractivity contribution in [2.45, 2.75) is 138 Å². The van der Waals surface area contributed by atoms with Gasteiger partial charge in [0.1, 0.15) is 6.10 Å². The van der Waals surface area contributed by atoms with Gasteiger partial charge in [-0.05, 0) is 130 Å². The number of esters is 1. The molecule has 0 N–H and O–H groups in total. The molecule has 2 bridgehead atoms. The largest absolute Gasteiger partial charge is 0.462 e. The maximum Gasteiger partial charge on any atom is 0.302 e. The van der Waals surface area contributed by atoms with E-state index in [1.807, 2.05) is 0 Å². The number of fused-ring (bicyclic) bond motifs is 11. The lowest BCUT2D eigenvalue weighted by molar-refractivity contribution is -0.249. The first-order chi connectivity index (χ1) is 20.7. The number of carbonyl (C=O) groups excluding carboxylic acids is 2. The molecule has 0 radical (unpaired) electrons. The lowest BCUT2D eigenvalue weighted by atomic mass is 9.32. The summed E-state index contributed by atoms with van der Waals surface area (Å²) in [6.07, 6.45) is 14.0. The van der Waals surface area contributed by atoms with Crippen LogP contribution in [0.15, 0.2) is 12.2 Å². The minimum Gasteiger partial charge on any atom is -0.462 e. The zero-order valence-electron chi connectivity index (χ0n) is 29.2. The van der Waals surface area contributed by atoms with Gasteiger partial charge in [-0.3, -0.25) is 9.59 Å². The fourth-order valence-corrected chi connectivity index (χ4v) is 14.3. The van der Waals surface area contributed by atoms with Crippen molar-refractivity contribution in [2.24, 2.45) is 56.7 Å². The fraction of sp³-hybridized carbons (Fsp3) is 0.897. The molecule has 0 aromatic carbocycles. The van der Waals surface area contributed by atoms with Crippen LogP contribution in [-0.2, 0) is 14.3 Å². The summed E-state index contributed by atoms with van der Waals surface area (Å²) >= 11 is 0. The van der Waals surface area contributed by atoms with Gasteiger partial charge in [0.05, 0.1) is 5.41 Å². The third-order valence-corrected chi connectivity index (χ3v) is 16.7. The van der Waals surface area contributed by atoms with Gasteiger partial charge in [-0.15, -0.1) is 0 Å². The second kappa shape index (κ2) is 10.3. The Hall–Kier alpha value is -1.36. The van der Waals surface area contributed by atoms with Gasteiger partial charge in [-0.2, -0.15) is 0 Å². The summed E-state index contributed by atoms with van der Waals surface area (Å²) in [5.41, 5.74) is 1.87. The molecule has 3 aliphatic heterocycles. The summed E-state index contributed by atoms with van der Waals surface area (Å²) in [5.74, 6) is 3.15. The van der Waals surface area contributed by atoms with Crippen LogP contribution < -0.4 is 0 Å². The van der Waals surface area contributed by atoms with Gasteiger partial charge in [-0.1, -0.05) is 46.8 Å². The van der Waals surface area contributed by atoms with Crippen LogP contribution in [0.25, 0.3) is 0 Å². The molecule has 10 atom stereocenters. The number of nitrogens with zero attached hydrogens (tertiary/aromatic N) is 2. The highest BCUT2D eigenvalue weighted by Crippen LogP contribution is 2.77. The number of amides is 1. The number of carbonyl (C=O) groups is 2. The summed E-state index contributed by atoms with van der Waals surface area (Å²) in [7, 11) is 0. The van der Waals surface area contributed by atoms with E-state index in [0.29, 0.717) is 41.5 Å².